The lowest BCUT2D eigenvalue weighted by Gasteiger charge is -2.11. The fourth-order valence-corrected chi connectivity index (χ4v) is 2.32. The molecule has 1 unspecified atom stereocenters. The molecule has 0 spiro atoms. The van der Waals surface area contributed by atoms with Crippen LogP contribution in [0.2, 0.25) is 0 Å². The van der Waals surface area contributed by atoms with E-state index in [-0.39, 0.29) is 11.8 Å². The number of carbonyl (C=O) groups is 1. The topological polar surface area (TPSA) is 66.4 Å². The number of hydrogen-bond donors (Lipinski definition) is 2. The molecule has 0 saturated carbocycles. The van der Waals surface area contributed by atoms with E-state index in [1.54, 1.807) is 12.1 Å². The van der Waals surface area contributed by atoms with E-state index in [4.69, 9.17) is 4.55 Å². The fourth-order valence-electron chi connectivity index (χ4n) is 1.66. The van der Waals surface area contributed by atoms with Crippen molar-refractivity contribution in [1.29, 1.82) is 0 Å². The van der Waals surface area contributed by atoms with Crippen molar-refractivity contribution in [2.24, 2.45) is 5.92 Å². The van der Waals surface area contributed by atoms with Crippen LogP contribution in [0.5, 0.6) is 0 Å². The van der Waals surface area contributed by atoms with Crippen LogP contribution in [0.25, 0.3) is 0 Å². The predicted molar refractivity (Wildman–Crippen MR) is 80.4 cm³/mol. The second kappa shape index (κ2) is 7.77. The molecule has 0 saturated heterocycles. The summed E-state index contributed by atoms with van der Waals surface area (Å²) in [6, 6.07) is 5.45. The quantitative estimate of drug-likeness (QED) is 0.777. The summed E-state index contributed by atoms with van der Waals surface area (Å²) in [5, 5.41) is 2.44. The van der Waals surface area contributed by atoms with E-state index < -0.39 is 11.1 Å². The van der Waals surface area contributed by atoms with Gasteiger partial charge in [0.25, 0.3) is 5.91 Å². The summed E-state index contributed by atoms with van der Waals surface area (Å²) >= 11 is 1.37. The van der Waals surface area contributed by atoms with E-state index in [1.807, 2.05) is 6.07 Å². The average Bonchev–Trinajstić information content (AvgIpc) is 2.33. The minimum absolute atomic E-state index is 0.251. The van der Waals surface area contributed by atoms with Gasteiger partial charge in [0.15, 0.2) is 11.1 Å². The van der Waals surface area contributed by atoms with Gasteiger partial charge in [0.1, 0.15) is 5.88 Å². The first-order valence-electron chi connectivity index (χ1n) is 6.04. The van der Waals surface area contributed by atoms with E-state index in [1.165, 1.54) is 0 Å². The maximum Gasteiger partial charge on any atom is 0.252 e. The van der Waals surface area contributed by atoms with Crippen molar-refractivity contribution in [3.8, 4) is 0 Å². The average molecular weight is 348 g/mol. The Morgan fingerprint density at radius 2 is 2.16 bits per heavy atom. The van der Waals surface area contributed by atoms with Gasteiger partial charge >= 0.3 is 0 Å². The van der Waals surface area contributed by atoms with Crippen LogP contribution in [0.4, 0.5) is 0 Å². The van der Waals surface area contributed by atoms with Gasteiger partial charge in [-0.2, -0.15) is 0 Å². The van der Waals surface area contributed by atoms with E-state index in [2.05, 4.69) is 35.1 Å². The van der Waals surface area contributed by atoms with Gasteiger partial charge in [0, 0.05) is 10.0 Å². The number of nitrogens with one attached hydrogen (secondary N) is 1. The number of rotatable bonds is 6. The Morgan fingerprint density at radius 3 is 2.74 bits per heavy atom. The monoisotopic (exact) mass is 347 g/mol. The zero-order valence-electron chi connectivity index (χ0n) is 11.0. The number of hydrogen-bond acceptors (Lipinski definition) is 2. The molecule has 0 aliphatic rings. The molecule has 1 amide bonds. The van der Waals surface area contributed by atoms with Gasteiger partial charge in [-0.15, -0.1) is 0 Å². The van der Waals surface area contributed by atoms with E-state index in [0.29, 0.717) is 11.5 Å². The van der Waals surface area contributed by atoms with E-state index in [0.717, 1.165) is 22.9 Å². The second-order valence-corrected chi connectivity index (χ2v) is 6.55. The molecular formula is C13H18BrNO3S. The number of aryl methyl sites for hydroxylation is 1. The maximum atomic E-state index is 12.0. The molecule has 0 aromatic heterocycles. The Kier molecular flexibility index (Phi) is 6.68. The molecule has 0 radical (unpaired) electrons. The van der Waals surface area contributed by atoms with Crippen molar-refractivity contribution in [1.82, 2.24) is 5.32 Å². The van der Waals surface area contributed by atoms with Gasteiger partial charge in [0.05, 0.1) is 0 Å². The van der Waals surface area contributed by atoms with Crippen molar-refractivity contribution < 1.29 is 13.6 Å². The lowest BCUT2D eigenvalue weighted by Crippen LogP contribution is -2.27. The highest BCUT2D eigenvalue weighted by Gasteiger charge is 2.12. The zero-order chi connectivity index (χ0) is 14.4. The first kappa shape index (κ1) is 16.3. The number of carbonyl (C=O) groups excluding carboxylic acids is 1. The van der Waals surface area contributed by atoms with Crippen LogP contribution >= 0.6 is 15.9 Å². The predicted octanol–water partition coefficient (Wildman–Crippen LogP) is 2.95. The third-order valence-corrected chi connectivity index (χ3v) is 3.54. The Labute approximate surface area is 124 Å². The van der Waals surface area contributed by atoms with Gasteiger partial charge in [-0.3, -0.25) is 4.79 Å². The van der Waals surface area contributed by atoms with Gasteiger partial charge < -0.3 is 9.87 Å². The highest BCUT2D eigenvalue weighted by molar-refractivity contribution is 9.10. The first-order chi connectivity index (χ1) is 8.90. The number of benzene rings is 1. The fraction of sp³-hybridized carbons (Fsp3) is 0.462. The van der Waals surface area contributed by atoms with Crippen molar-refractivity contribution in [2.45, 2.75) is 26.7 Å². The molecule has 1 rings (SSSR count). The zero-order valence-corrected chi connectivity index (χ0v) is 13.4. The van der Waals surface area contributed by atoms with Crippen LogP contribution in [0, 0.1) is 5.92 Å². The van der Waals surface area contributed by atoms with Crippen molar-refractivity contribution in [2.75, 3.05) is 5.88 Å². The number of halogens is 1. The minimum Gasteiger partial charge on any atom is -0.338 e. The summed E-state index contributed by atoms with van der Waals surface area (Å²) in [7, 11) is 0. The van der Waals surface area contributed by atoms with Crippen molar-refractivity contribution in [3.05, 3.63) is 33.8 Å². The molecule has 0 aliphatic heterocycles. The molecule has 1 aromatic rings. The second-order valence-electron chi connectivity index (χ2n) is 4.71. The molecule has 0 bridgehead atoms. The third-order valence-electron chi connectivity index (χ3n) is 2.66. The molecule has 106 valence electrons. The van der Waals surface area contributed by atoms with Crippen LogP contribution < -0.4 is 5.32 Å². The maximum absolute atomic E-state index is 12.0. The van der Waals surface area contributed by atoms with Gasteiger partial charge in [0.2, 0.25) is 0 Å². The lowest BCUT2D eigenvalue weighted by atomic mass is 9.98. The molecule has 1 atom stereocenters. The molecule has 0 heterocycles. The Bertz CT molecular complexity index is 477. The van der Waals surface area contributed by atoms with Crippen molar-refractivity contribution in [3.63, 3.8) is 0 Å². The van der Waals surface area contributed by atoms with Crippen LogP contribution in [-0.2, 0) is 17.5 Å². The molecular weight excluding hydrogens is 330 g/mol. The summed E-state index contributed by atoms with van der Waals surface area (Å²) in [5.41, 5.74) is 1.51. The molecule has 0 fully saturated rings. The smallest absolute Gasteiger partial charge is 0.252 e. The SMILES string of the molecule is CC(C)CCc1cc(Br)ccc1C(=O)NCS(=O)O. The first-order valence-corrected chi connectivity index (χ1v) is 8.11. The summed E-state index contributed by atoms with van der Waals surface area (Å²) < 4.78 is 20.2. The van der Waals surface area contributed by atoms with Gasteiger partial charge in [-0.25, -0.2) is 4.21 Å². The molecule has 0 aliphatic carbocycles. The highest BCUT2D eigenvalue weighted by Crippen LogP contribution is 2.19. The van der Waals surface area contributed by atoms with Crippen molar-refractivity contribution >= 4 is 32.9 Å². The summed E-state index contributed by atoms with van der Waals surface area (Å²) in [6.07, 6.45) is 1.80. The molecule has 4 nitrogen and oxygen atoms in total. The number of amides is 1. The largest absolute Gasteiger partial charge is 0.338 e. The summed E-state index contributed by atoms with van der Waals surface area (Å²) in [6.45, 7) is 4.26. The Balaban J connectivity index is 2.86. The Hall–Kier alpha value is -0.720. The van der Waals surface area contributed by atoms with E-state index >= 15 is 0 Å². The molecule has 2 N–H and O–H groups in total. The van der Waals surface area contributed by atoms with Gasteiger partial charge in [-0.05, 0) is 42.5 Å². The van der Waals surface area contributed by atoms with Crippen LogP contribution in [-0.4, -0.2) is 20.5 Å². The lowest BCUT2D eigenvalue weighted by molar-refractivity contribution is 0.0958. The third kappa shape index (κ3) is 5.84. The van der Waals surface area contributed by atoms with Crippen LogP contribution in [0.15, 0.2) is 22.7 Å². The van der Waals surface area contributed by atoms with Crippen LogP contribution in [0.1, 0.15) is 36.2 Å². The molecule has 1 aromatic carbocycles. The Morgan fingerprint density at radius 1 is 1.47 bits per heavy atom. The molecule has 19 heavy (non-hydrogen) atoms. The molecule has 6 heteroatoms. The normalized spacial score (nSPS) is 12.5. The van der Waals surface area contributed by atoms with Crippen LogP contribution in [0.3, 0.4) is 0 Å². The summed E-state index contributed by atoms with van der Waals surface area (Å²) in [4.78, 5) is 12.0. The van der Waals surface area contributed by atoms with Gasteiger partial charge in [-0.1, -0.05) is 29.8 Å². The standard InChI is InChI=1S/C13H18BrNO3S/c1-9(2)3-4-10-7-11(14)5-6-12(10)13(16)15-8-19(17)18/h5-7,9H,3-4,8H2,1-2H3,(H,15,16)(H,17,18). The minimum atomic E-state index is -2.02. The van der Waals surface area contributed by atoms with E-state index in [9.17, 15) is 9.00 Å². The highest BCUT2D eigenvalue weighted by atomic mass is 79.9. The summed E-state index contributed by atoms with van der Waals surface area (Å²) in [5.74, 6) is -0.00749.